The number of hydrogen-bond donors (Lipinski definition) is 1. The molecule has 4 nitrogen and oxygen atoms in total. The average molecular weight is 507 g/mol. The van der Waals surface area contributed by atoms with E-state index in [1.54, 1.807) is 0 Å². The smallest absolute Gasteiger partial charge is 0.264 e. The second kappa shape index (κ2) is 9.91. The van der Waals surface area contributed by atoms with Crippen molar-refractivity contribution in [3.8, 4) is 0 Å². The standard InChI is InChI=1S/C30H50O4S/c1-19(2)24(20(3)4)10-8-21(5)26-12-13-27-25-11-9-22-18-23(34-35(31,32)33)14-16-29(22,6)28(25)15-17-30(26,27)7/h9,20-21,23-28H,1,8,10-18H2,2-7H3,(H,31,32,33)/t21-,23+,24?,25+,26-,27+,28+,29+,30-/m1/s1. The molecule has 0 bridgehead atoms. The van der Waals surface area contributed by atoms with Crippen LogP contribution in [-0.2, 0) is 14.6 Å². The first-order chi connectivity index (χ1) is 16.3. The van der Waals surface area contributed by atoms with Crippen molar-refractivity contribution in [1.82, 2.24) is 0 Å². The Bertz CT molecular complexity index is 936. The second-order valence-electron chi connectivity index (χ2n) is 13.6. The van der Waals surface area contributed by atoms with E-state index >= 15 is 0 Å². The molecule has 9 atom stereocenters. The Morgan fingerprint density at radius 3 is 2.46 bits per heavy atom. The molecule has 0 aliphatic heterocycles. The Hall–Kier alpha value is -0.650. The van der Waals surface area contributed by atoms with Crippen molar-refractivity contribution in [2.45, 2.75) is 112 Å². The molecule has 0 saturated heterocycles. The van der Waals surface area contributed by atoms with E-state index in [4.69, 9.17) is 8.74 Å². The summed E-state index contributed by atoms with van der Waals surface area (Å²) in [6, 6.07) is 0. The molecular weight excluding hydrogens is 456 g/mol. The fourth-order valence-corrected chi connectivity index (χ4v) is 10.2. The van der Waals surface area contributed by atoms with Crippen molar-refractivity contribution in [1.29, 1.82) is 0 Å². The lowest BCUT2D eigenvalue weighted by molar-refractivity contribution is -0.0562. The molecule has 200 valence electrons. The lowest BCUT2D eigenvalue weighted by Crippen LogP contribution is -2.51. The number of fused-ring (bicyclic) bond motifs is 5. The molecule has 1 unspecified atom stereocenters. The van der Waals surface area contributed by atoms with Gasteiger partial charge in [-0.05, 0) is 123 Å². The van der Waals surface area contributed by atoms with Crippen molar-refractivity contribution < 1.29 is 17.2 Å². The molecule has 35 heavy (non-hydrogen) atoms. The molecule has 5 heteroatoms. The molecular formula is C30H50O4S. The van der Waals surface area contributed by atoms with Crippen LogP contribution in [0.2, 0.25) is 0 Å². The van der Waals surface area contributed by atoms with Crippen LogP contribution in [0.3, 0.4) is 0 Å². The molecule has 4 aliphatic carbocycles. The quantitative estimate of drug-likeness (QED) is 0.267. The maximum atomic E-state index is 11.3. The van der Waals surface area contributed by atoms with Gasteiger partial charge in [0.05, 0.1) is 6.10 Å². The highest BCUT2D eigenvalue weighted by atomic mass is 32.3. The van der Waals surface area contributed by atoms with Crippen LogP contribution in [0.4, 0.5) is 0 Å². The summed E-state index contributed by atoms with van der Waals surface area (Å²) in [4.78, 5) is 0. The predicted molar refractivity (Wildman–Crippen MR) is 143 cm³/mol. The molecule has 1 N–H and O–H groups in total. The van der Waals surface area contributed by atoms with Gasteiger partial charge >= 0.3 is 10.4 Å². The fraction of sp³-hybridized carbons (Fsp3) is 0.867. The lowest BCUT2D eigenvalue weighted by Gasteiger charge is -2.58. The summed E-state index contributed by atoms with van der Waals surface area (Å²) in [7, 11) is -4.39. The van der Waals surface area contributed by atoms with Gasteiger partial charge in [-0.25, -0.2) is 4.18 Å². The molecule has 0 aromatic rings. The van der Waals surface area contributed by atoms with Gasteiger partial charge in [0.1, 0.15) is 0 Å². The van der Waals surface area contributed by atoms with Crippen molar-refractivity contribution in [3.63, 3.8) is 0 Å². The zero-order valence-corrected chi connectivity index (χ0v) is 23.9. The minimum Gasteiger partial charge on any atom is -0.264 e. The van der Waals surface area contributed by atoms with Crippen molar-refractivity contribution in [2.24, 2.45) is 52.3 Å². The van der Waals surface area contributed by atoms with Crippen LogP contribution in [0.25, 0.3) is 0 Å². The summed E-state index contributed by atoms with van der Waals surface area (Å²) in [5.41, 5.74) is 3.32. The average Bonchev–Trinajstić information content (AvgIpc) is 3.09. The van der Waals surface area contributed by atoms with Crippen LogP contribution in [0.15, 0.2) is 23.8 Å². The van der Waals surface area contributed by atoms with Crippen LogP contribution in [-0.4, -0.2) is 19.1 Å². The van der Waals surface area contributed by atoms with Crippen LogP contribution in [0.1, 0.15) is 106 Å². The lowest BCUT2D eigenvalue weighted by atomic mass is 9.47. The summed E-state index contributed by atoms with van der Waals surface area (Å²) in [6.45, 7) is 18.7. The van der Waals surface area contributed by atoms with Crippen molar-refractivity contribution >= 4 is 10.4 Å². The van der Waals surface area contributed by atoms with Crippen LogP contribution in [0, 0.1) is 52.3 Å². The summed E-state index contributed by atoms with van der Waals surface area (Å²) in [5, 5.41) is 0. The molecule has 0 spiro atoms. The SMILES string of the molecule is C=C(C)C(CC[C@@H](C)[C@H]1CC[C@H]2[C@@H]3CC=C4C[C@@H](OS(=O)(=O)O)CC[C@]4(C)[C@H]3CC[C@]12C)C(C)C. The molecule has 0 radical (unpaired) electrons. The highest BCUT2D eigenvalue weighted by molar-refractivity contribution is 7.80. The van der Waals surface area contributed by atoms with Gasteiger partial charge in [-0.2, -0.15) is 8.42 Å². The third-order valence-electron chi connectivity index (χ3n) is 11.4. The topological polar surface area (TPSA) is 63.6 Å². The normalized spacial score (nSPS) is 40.9. The Kier molecular flexibility index (Phi) is 7.75. The second-order valence-corrected chi connectivity index (χ2v) is 14.7. The molecule has 3 fully saturated rings. The van der Waals surface area contributed by atoms with Gasteiger partial charge < -0.3 is 0 Å². The zero-order chi connectivity index (χ0) is 25.8. The molecule has 0 amide bonds. The zero-order valence-electron chi connectivity index (χ0n) is 23.1. The van der Waals surface area contributed by atoms with Crippen LogP contribution < -0.4 is 0 Å². The van der Waals surface area contributed by atoms with Crippen LogP contribution in [0.5, 0.6) is 0 Å². The van der Waals surface area contributed by atoms with E-state index in [2.05, 4.69) is 54.2 Å². The van der Waals surface area contributed by atoms with E-state index < -0.39 is 16.5 Å². The minimum absolute atomic E-state index is 0.152. The van der Waals surface area contributed by atoms with E-state index in [9.17, 15) is 8.42 Å². The number of allylic oxidation sites excluding steroid dienone is 2. The Morgan fingerprint density at radius 1 is 1.11 bits per heavy atom. The molecule has 4 aliphatic rings. The van der Waals surface area contributed by atoms with Crippen molar-refractivity contribution in [3.05, 3.63) is 23.8 Å². The molecule has 3 saturated carbocycles. The van der Waals surface area contributed by atoms with Gasteiger partial charge in [0.25, 0.3) is 0 Å². The Labute approximate surface area is 215 Å². The summed E-state index contributed by atoms with van der Waals surface area (Å²) in [5.74, 6) is 5.14. The molecule has 0 heterocycles. The first kappa shape index (κ1) is 27.4. The monoisotopic (exact) mass is 506 g/mol. The predicted octanol–water partition coefficient (Wildman–Crippen LogP) is 8.02. The molecule has 4 rings (SSSR count). The van der Waals surface area contributed by atoms with Gasteiger partial charge in [0, 0.05) is 0 Å². The Balaban J connectivity index is 1.46. The number of hydrogen-bond acceptors (Lipinski definition) is 3. The summed E-state index contributed by atoms with van der Waals surface area (Å²) in [6.07, 6.45) is 13.4. The van der Waals surface area contributed by atoms with Crippen LogP contribution >= 0.6 is 0 Å². The van der Waals surface area contributed by atoms with E-state index in [0.29, 0.717) is 36.0 Å². The van der Waals surface area contributed by atoms with Gasteiger partial charge in [-0.3, -0.25) is 4.55 Å². The van der Waals surface area contributed by atoms with Crippen molar-refractivity contribution in [2.75, 3.05) is 0 Å². The first-order valence-corrected chi connectivity index (χ1v) is 15.6. The van der Waals surface area contributed by atoms with Gasteiger partial charge in [0.2, 0.25) is 0 Å². The van der Waals surface area contributed by atoms with Gasteiger partial charge in [-0.1, -0.05) is 58.4 Å². The summed E-state index contributed by atoms with van der Waals surface area (Å²) < 4.78 is 36.7. The molecule has 0 aromatic carbocycles. The largest absolute Gasteiger partial charge is 0.397 e. The maximum absolute atomic E-state index is 11.3. The summed E-state index contributed by atoms with van der Waals surface area (Å²) >= 11 is 0. The highest BCUT2D eigenvalue weighted by Crippen LogP contribution is 2.67. The molecule has 0 aromatic heterocycles. The highest BCUT2D eigenvalue weighted by Gasteiger charge is 2.59. The minimum atomic E-state index is -4.39. The van der Waals surface area contributed by atoms with Gasteiger partial charge in [0.15, 0.2) is 0 Å². The fourth-order valence-electron chi connectivity index (χ4n) is 9.65. The number of rotatable bonds is 8. The third-order valence-corrected chi connectivity index (χ3v) is 12.0. The van der Waals surface area contributed by atoms with E-state index in [1.807, 2.05) is 0 Å². The maximum Gasteiger partial charge on any atom is 0.397 e. The third kappa shape index (κ3) is 5.21. The first-order valence-electron chi connectivity index (χ1n) is 14.3. The van der Waals surface area contributed by atoms with E-state index in [1.165, 1.54) is 49.7 Å². The van der Waals surface area contributed by atoms with Gasteiger partial charge in [-0.15, -0.1) is 0 Å². The van der Waals surface area contributed by atoms with E-state index in [0.717, 1.165) is 36.5 Å². The van der Waals surface area contributed by atoms with E-state index in [-0.39, 0.29) is 5.41 Å². The Morgan fingerprint density at radius 2 is 1.83 bits per heavy atom.